The average Bonchev–Trinajstić information content (AvgIpc) is 3.58. The van der Waals surface area contributed by atoms with E-state index in [1.807, 2.05) is 29.7 Å². The van der Waals surface area contributed by atoms with Gasteiger partial charge in [0.05, 0.1) is 31.1 Å². The van der Waals surface area contributed by atoms with E-state index in [2.05, 4.69) is 21.2 Å². The van der Waals surface area contributed by atoms with Crippen molar-refractivity contribution in [3.63, 3.8) is 0 Å². The van der Waals surface area contributed by atoms with E-state index in [0.29, 0.717) is 23.3 Å². The summed E-state index contributed by atoms with van der Waals surface area (Å²) in [5.41, 5.74) is 1.61. The molecule has 33 heavy (non-hydrogen) atoms. The zero-order valence-electron chi connectivity index (χ0n) is 18.4. The molecule has 1 aliphatic rings. The van der Waals surface area contributed by atoms with Crippen LogP contribution in [-0.4, -0.2) is 46.1 Å². The van der Waals surface area contributed by atoms with Crippen molar-refractivity contribution in [2.24, 2.45) is 0 Å². The number of hydrogen-bond acceptors (Lipinski definition) is 7. The van der Waals surface area contributed by atoms with E-state index in [4.69, 9.17) is 21.3 Å². The Hall–Kier alpha value is -2.96. The Labute approximate surface area is 202 Å². The first-order chi connectivity index (χ1) is 16.1. The molecule has 0 bridgehead atoms. The van der Waals surface area contributed by atoms with Crippen molar-refractivity contribution in [3.05, 3.63) is 52.9 Å². The third-order valence-corrected chi connectivity index (χ3v) is 6.88. The second kappa shape index (κ2) is 10.8. The summed E-state index contributed by atoms with van der Waals surface area (Å²) in [5.74, 6) is 1.67. The van der Waals surface area contributed by atoms with Crippen molar-refractivity contribution in [2.75, 3.05) is 35.2 Å². The number of rotatable bonds is 9. The molecule has 1 fully saturated rings. The third kappa shape index (κ3) is 5.52. The third-order valence-electron chi connectivity index (χ3n) is 5.51. The van der Waals surface area contributed by atoms with E-state index in [0.717, 1.165) is 48.9 Å². The molecular formula is C23H25ClN6O2S. The number of aromatic nitrogens is 3. The molecule has 0 N–H and O–H groups in total. The van der Waals surface area contributed by atoms with Gasteiger partial charge in [0.2, 0.25) is 11.9 Å². The number of benzene rings is 1. The van der Waals surface area contributed by atoms with Gasteiger partial charge in [-0.1, -0.05) is 23.4 Å². The smallest absolute Gasteiger partial charge is 0.237 e. The number of thioether (sulfide) groups is 1. The summed E-state index contributed by atoms with van der Waals surface area (Å²) in [6.07, 6.45) is 4.14. The fourth-order valence-corrected chi connectivity index (χ4v) is 4.72. The SMILES string of the molecule is Cc1cc(N(CCC#N)C(=O)CSc2nnc(N3CCCC3)n2Cc2ccco2)ccc1Cl. The molecule has 0 aliphatic carbocycles. The Morgan fingerprint density at radius 3 is 2.82 bits per heavy atom. The number of amides is 1. The van der Waals surface area contributed by atoms with Gasteiger partial charge in [-0.25, -0.2) is 0 Å². The number of nitriles is 1. The largest absolute Gasteiger partial charge is 0.467 e. The average molecular weight is 485 g/mol. The molecular weight excluding hydrogens is 460 g/mol. The predicted molar refractivity (Wildman–Crippen MR) is 129 cm³/mol. The van der Waals surface area contributed by atoms with Crippen LogP contribution in [0.2, 0.25) is 5.02 Å². The van der Waals surface area contributed by atoms with E-state index in [1.54, 1.807) is 23.3 Å². The second-order valence-electron chi connectivity index (χ2n) is 7.82. The first-order valence-corrected chi connectivity index (χ1v) is 12.2. The monoisotopic (exact) mass is 484 g/mol. The topological polar surface area (TPSA) is 91.2 Å². The molecule has 8 nitrogen and oxygen atoms in total. The van der Waals surface area contributed by atoms with Crippen LogP contribution in [0.4, 0.5) is 11.6 Å². The number of carbonyl (C=O) groups is 1. The lowest BCUT2D eigenvalue weighted by molar-refractivity contribution is -0.116. The van der Waals surface area contributed by atoms with Crippen LogP contribution in [0.5, 0.6) is 0 Å². The number of aryl methyl sites for hydroxylation is 1. The molecule has 1 aromatic carbocycles. The number of hydrogen-bond donors (Lipinski definition) is 0. The highest BCUT2D eigenvalue weighted by molar-refractivity contribution is 7.99. The van der Waals surface area contributed by atoms with Crippen LogP contribution < -0.4 is 9.80 Å². The Kier molecular flexibility index (Phi) is 7.57. The van der Waals surface area contributed by atoms with Gasteiger partial charge in [-0.2, -0.15) is 5.26 Å². The van der Waals surface area contributed by atoms with Gasteiger partial charge in [0.15, 0.2) is 5.16 Å². The molecule has 1 aliphatic heterocycles. The summed E-state index contributed by atoms with van der Waals surface area (Å²) >= 11 is 7.49. The zero-order valence-corrected chi connectivity index (χ0v) is 20.0. The molecule has 0 spiro atoms. The molecule has 4 rings (SSSR count). The Morgan fingerprint density at radius 1 is 1.30 bits per heavy atom. The molecule has 0 saturated carbocycles. The van der Waals surface area contributed by atoms with Crippen molar-refractivity contribution < 1.29 is 9.21 Å². The van der Waals surface area contributed by atoms with E-state index >= 15 is 0 Å². The number of carbonyl (C=O) groups excluding carboxylic acids is 1. The minimum Gasteiger partial charge on any atom is -0.467 e. The maximum Gasteiger partial charge on any atom is 0.237 e. The van der Waals surface area contributed by atoms with Gasteiger partial charge >= 0.3 is 0 Å². The van der Waals surface area contributed by atoms with Gasteiger partial charge in [0, 0.05) is 30.3 Å². The van der Waals surface area contributed by atoms with E-state index < -0.39 is 0 Å². The van der Waals surface area contributed by atoms with Crippen LogP contribution in [-0.2, 0) is 11.3 Å². The highest BCUT2D eigenvalue weighted by Gasteiger charge is 2.24. The summed E-state index contributed by atoms with van der Waals surface area (Å²) in [5, 5.41) is 19.2. The minimum absolute atomic E-state index is 0.104. The summed E-state index contributed by atoms with van der Waals surface area (Å²) in [4.78, 5) is 17.0. The van der Waals surface area contributed by atoms with Crippen molar-refractivity contribution >= 4 is 40.9 Å². The zero-order chi connectivity index (χ0) is 23.2. The summed E-state index contributed by atoms with van der Waals surface area (Å²) in [6, 6.07) is 11.3. The molecule has 1 amide bonds. The molecule has 0 atom stereocenters. The first kappa shape index (κ1) is 23.2. The van der Waals surface area contributed by atoms with Gasteiger partial charge < -0.3 is 14.2 Å². The van der Waals surface area contributed by atoms with Gasteiger partial charge in [0.1, 0.15) is 5.76 Å². The van der Waals surface area contributed by atoms with Gasteiger partial charge in [-0.3, -0.25) is 9.36 Å². The fourth-order valence-electron chi connectivity index (χ4n) is 3.80. The first-order valence-electron chi connectivity index (χ1n) is 10.8. The molecule has 172 valence electrons. The van der Waals surface area contributed by atoms with E-state index in [1.165, 1.54) is 11.8 Å². The Balaban J connectivity index is 1.53. The highest BCUT2D eigenvalue weighted by Crippen LogP contribution is 2.28. The number of nitrogens with zero attached hydrogens (tertiary/aromatic N) is 6. The fraction of sp³-hybridized carbons (Fsp3) is 0.391. The van der Waals surface area contributed by atoms with Gasteiger partial charge in [-0.15, -0.1) is 10.2 Å². The van der Waals surface area contributed by atoms with Crippen LogP contribution >= 0.6 is 23.4 Å². The summed E-state index contributed by atoms with van der Waals surface area (Å²) < 4.78 is 7.55. The lowest BCUT2D eigenvalue weighted by atomic mass is 10.2. The lowest BCUT2D eigenvalue weighted by Crippen LogP contribution is -2.33. The van der Waals surface area contributed by atoms with Crippen LogP contribution in [0.1, 0.15) is 30.6 Å². The second-order valence-corrected chi connectivity index (χ2v) is 9.17. The van der Waals surface area contributed by atoms with Crippen molar-refractivity contribution in [1.29, 1.82) is 5.26 Å². The maximum absolute atomic E-state index is 13.2. The Morgan fingerprint density at radius 2 is 2.12 bits per heavy atom. The predicted octanol–water partition coefficient (Wildman–Crippen LogP) is 4.52. The molecule has 3 heterocycles. The highest BCUT2D eigenvalue weighted by atomic mass is 35.5. The molecule has 3 aromatic rings. The van der Waals surface area contributed by atoms with Crippen molar-refractivity contribution in [1.82, 2.24) is 14.8 Å². The van der Waals surface area contributed by atoms with E-state index in [-0.39, 0.29) is 18.1 Å². The maximum atomic E-state index is 13.2. The quantitative estimate of drug-likeness (QED) is 0.412. The minimum atomic E-state index is -0.104. The molecule has 0 radical (unpaired) electrons. The molecule has 10 heteroatoms. The van der Waals surface area contributed by atoms with E-state index in [9.17, 15) is 4.79 Å². The standard InChI is InChI=1S/C23H25ClN6O2S/c1-17-14-18(7-8-20(17)24)29(12-5-9-25)21(31)16-33-23-27-26-22(28-10-2-3-11-28)30(23)15-19-6-4-13-32-19/h4,6-8,13-14H,2-3,5,10-12,15-16H2,1H3. The van der Waals surface area contributed by atoms with Crippen LogP contribution in [0.15, 0.2) is 46.2 Å². The number of furan rings is 1. The number of halogens is 1. The lowest BCUT2D eigenvalue weighted by Gasteiger charge is -2.22. The van der Waals surface area contributed by atoms with Crippen LogP contribution in [0.3, 0.4) is 0 Å². The van der Waals surface area contributed by atoms with Gasteiger partial charge in [0.25, 0.3) is 0 Å². The van der Waals surface area contributed by atoms with Gasteiger partial charge in [-0.05, 0) is 55.7 Å². The summed E-state index contributed by atoms with van der Waals surface area (Å²) in [6.45, 7) is 4.59. The molecule has 0 unspecified atom stereocenters. The van der Waals surface area contributed by atoms with Crippen molar-refractivity contribution in [3.8, 4) is 6.07 Å². The molecule has 1 saturated heterocycles. The number of anilines is 2. The normalized spacial score (nSPS) is 13.3. The molecule has 2 aromatic heterocycles. The summed E-state index contributed by atoms with van der Waals surface area (Å²) in [7, 11) is 0. The van der Waals surface area contributed by atoms with Crippen LogP contribution in [0.25, 0.3) is 0 Å². The van der Waals surface area contributed by atoms with Crippen LogP contribution in [0, 0.1) is 18.3 Å². The van der Waals surface area contributed by atoms with Crippen molar-refractivity contribution in [2.45, 2.75) is 37.9 Å². The Bertz CT molecular complexity index is 1130.